The van der Waals surface area contributed by atoms with Gasteiger partial charge in [-0.05, 0) is 65.8 Å². The lowest BCUT2D eigenvalue weighted by molar-refractivity contribution is -0.173. The van der Waals surface area contributed by atoms with Gasteiger partial charge in [-0.25, -0.2) is 0 Å². The van der Waals surface area contributed by atoms with Crippen LogP contribution in [0.25, 0.3) is 0 Å². The van der Waals surface area contributed by atoms with Gasteiger partial charge in [0.1, 0.15) is 0 Å². The third-order valence-electron chi connectivity index (χ3n) is 3.38. The van der Waals surface area contributed by atoms with Crippen molar-refractivity contribution in [1.29, 1.82) is 0 Å². The second-order valence-corrected chi connectivity index (χ2v) is 6.23. The zero-order valence-corrected chi connectivity index (χ0v) is 10.4. The Morgan fingerprint density at radius 2 is 1.93 bits per heavy atom. The van der Waals surface area contributed by atoms with E-state index in [0.717, 1.165) is 12.6 Å². The first-order valence-electron chi connectivity index (χ1n) is 6.43. The molecule has 0 amide bonds. The van der Waals surface area contributed by atoms with Crippen LogP contribution in [0.4, 0.5) is 0 Å². The zero-order chi connectivity index (χ0) is 10.9. The van der Waals surface area contributed by atoms with Crippen molar-refractivity contribution in [2.24, 2.45) is 0 Å². The van der Waals surface area contributed by atoms with Gasteiger partial charge in [-0.3, -0.25) is 0 Å². The summed E-state index contributed by atoms with van der Waals surface area (Å²) in [7, 11) is 0. The molecular weight excluding hydrogens is 186 g/mol. The summed E-state index contributed by atoms with van der Waals surface area (Å²) in [6.07, 6.45) is 7.83. The van der Waals surface area contributed by atoms with Crippen molar-refractivity contribution in [3.8, 4) is 0 Å². The zero-order valence-electron chi connectivity index (χ0n) is 10.4. The summed E-state index contributed by atoms with van der Waals surface area (Å²) in [6, 6.07) is 0.830. The summed E-state index contributed by atoms with van der Waals surface area (Å²) in [4.78, 5) is 0. The molecule has 2 fully saturated rings. The normalized spacial score (nSPS) is 25.0. The van der Waals surface area contributed by atoms with E-state index in [2.05, 4.69) is 26.1 Å². The predicted molar refractivity (Wildman–Crippen MR) is 63.1 cm³/mol. The Labute approximate surface area is 93.8 Å². The van der Waals surface area contributed by atoms with Crippen molar-refractivity contribution in [3.63, 3.8) is 0 Å². The number of hydrogen-bond donors (Lipinski definition) is 1. The average molecular weight is 211 g/mol. The van der Waals surface area contributed by atoms with Crippen molar-refractivity contribution < 1.29 is 4.74 Å². The number of rotatable bonds is 5. The van der Waals surface area contributed by atoms with Crippen molar-refractivity contribution in [3.05, 3.63) is 0 Å². The van der Waals surface area contributed by atoms with Gasteiger partial charge in [-0.2, -0.15) is 0 Å². The van der Waals surface area contributed by atoms with E-state index in [-0.39, 0.29) is 11.2 Å². The van der Waals surface area contributed by atoms with Crippen LogP contribution in [0.2, 0.25) is 0 Å². The number of hydrogen-bond acceptors (Lipinski definition) is 2. The summed E-state index contributed by atoms with van der Waals surface area (Å²) in [5.74, 6) is 0. The standard InChI is InChI=1S/C13H25NO/c1-12(2,3)15-13(7-4-8-13)9-10-14-11-5-6-11/h11,14H,4-10H2,1-3H3. The average Bonchev–Trinajstić information content (AvgIpc) is 2.81. The van der Waals surface area contributed by atoms with Gasteiger partial charge < -0.3 is 10.1 Å². The molecular formula is C13H25NO. The van der Waals surface area contributed by atoms with Crippen molar-refractivity contribution in [2.75, 3.05) is 6.54 Å². The molecule has 2 saturated carbocycles. The SMILES string of the molecule is CC(C)(C)OC1(CCNC2CC2)CCC1. The smallest absolute Gasteiger partial charge is 0.0701 e. The van der Waals surface area contributed by atoms with Gasteiger partial charge in [-0.1, -0.05) is 0 Å². The van der Waals surface area contributed by atoms with Crippen LogP contribution in [0.5, 0.6) is 0 Å². The second kappa shape index (κ2) is 4.06. The first-order chi connectivity index (χ1) is 6.99. The molecule has 0 aliphatic heterocycles. The van der Waals surface area contributed by atoms with Crippen LogP contribution < -0.4 is 5.32 Å². The topological polar surface area (TPSA) is 21.3 Å². The molecule has 1 N–H and O–H groups in total. The van der Waals surface area contributed by atoms with Gasteiger partial charge >= 0.3 is 0 Å². The fourth-order valence-electron chi connectivity index (χ4n) is 2.42. The molecule has 0 atom stereocenters. The van der Waals surface area contributed by atoms with Gasteiger partial charge in [0.25, 0.3) is 0 Å². The van der Waals surface area contributed by atoms with E-state index in [1.54, 1.807) is 0 Å². The lowest BCUT2D eigenvalue weighted by Gasteiger charge is -2.46. The molecule has 2 heteroatoms. The summed E-state index contributed by atoms with van der Waals surface area (Å²) in [5.41, 5.74) is 0.222. The minimum Gasteiger partial charge on any atom is -0.369 e. The van der Waals surface area contributed by atoms with E-state index in [4.69, 9.17) is 4.74 Å². The van der Waals surface area contributed by atoms with Gasteiger partial charge in [0.05, 0.1) is 11.2 Å². The Bertz CT molecular complexity index is 211. The van der Waals surface area contributed by atoms with Crippen molar-refractivity contribution >= 4 is 0 Å². The number of ether oxygens (including phenoxy) is 1. The molecule has 2 aliphatic carbocycles. The van der Waals surface area contributed by atoms with Gasteiger partial charge in [0.2, 0.25) is 0 Å². The van der Waals surface area contributed by atoms with Gasteiger partial charge in [0.15, 0.2) is 0 Å². The Morgan fingerprint density at radius 1 is 1.27 bits per heavy atom. The Morgan fingerprint density at radius 3 is 2.33 bits per heavy atom. The molecule has 0 unspecified atom stereocenters. The summed E-state index contributed by atoms with van der Waals surface area (Å²) < 4.78 is 6.22. The minimum atomic E-state index is 0.0139. The molecule has 0 aromatic rings. The highest BCUT2D eigenvalue weighted by atomic mass is 16.5. The Hall–Kier alpha value is -0.0800. The maximum atomic E-state index is 6.22. The molecule has 2 rings (SSSR count). The Kier molecular flexibility index (Phi) is 3.09. The largest absolute Gasteiger partial charge is 0.369 e. The molecule has 0 spiro atoms. The molecule has 88 valence electrons. The molecule has 0 aromatic carbocycles. The lowest BCUT2D eigenvalue weighted by Crippen LogP contribution is -2.47. The molecule has 0 radical (unpaired) electrons. The maximum absolute atomic E-state index is 6.22. The van der Waals surface area contributed by atoms with Gasteiger partial charge in [-0.15, -0.1) is 0 Å². The summed E-state index contributed by atoms with van der Waals surface area (Å²) in [6.45, 7) is 7.64. The molecule has 2 aliphatic rings. The van der Waals surface area contributed by atoms with E-state index in [1.165, 1.54) is 38.5 Å². The fourth-order valence-corrected chi connectivity index (χ4v) is 2.42. The highest BCUT2D eigenvalue weighted by Crippen LogP contribution is 2.41. The highest BCUT2D eigenvalue weighted by Gasteiger charge is 2.40. The summed E-state index contributed by atoms with van der Waals surface area (Å²) >= 11 is 0. The van der Waals surface area contributed by atoms with Crippen LogP contribution in [0.3, 0.4) is 0 Å². The van der Waals surface area contributed by atoms with Crippen LogP contribution in [-0.4, -0.2) is 23.8 Å². The highest BCUT2D eigenvalue weighted by molar-refractivity contribution is 4.93. The van der Waals surface area contributed by atoms with Crippen LogP contribution >= 0.6 is 0 Å². The third kappa shape index (κ3) is 3.46. The predicted octanol–water partition coefficient (Wildman–Crippen LogP) is 2.87. The van der Waals surface area contributed by atoms with Crippen LogP contribution in [0.15, 0.2) is 0 Å². The molecule has 0 saturated heterocycles. The molecule has 0 aromatic heterocycles. The van der Waals surface area contributed by atoms with Crippen LogP contribution in [0, 0.1) is 0 Å². The maximum Gasteiger partial charge on any atom is 0.0701 e. The molecule has 15 heavy (non-hydrogen) atoms. The van der Waals surface area contributed by atoms with E-state index < -0.39 is 0 Å². The van der Waals surface area contributed by atoms with Crippen LogP contribution in [-0.2, 0) is 4.74 Å². The first-order valence-corrected chi connectivity index (χ1v) is 6.43. The quantitative estimate of drug-likeness (QED) is 0.755. The van der Waals surface area contributed by atoms with E-state index in [0.29, 0.717) is 0 Å². The van der Waals surface area contributed by atoms with Gasteiger partial charge in [0, 0.05) is 6.04 Å². The van der Waals surface area contributed by atoms with Crippen molar-refractivity contribution in [1.82, 2.24) is 5.32 Å². The first kappa shape index (κ1) is 11.4. The van der Waals surface area contributed by atoms with E-state index >= 15 is 0 Å². The Balaban J connectivity index is 1.73. The molecule has 0 bridgehead atoms. The minimum absolute atomic E-state index is 0.0139. The third-order valence-corrected chi connectivity index (χ3v) is 3.38. The molecule has 0 heterocycles. The molecule has 2 nitrogen and oxygen atoms in total. The lowest BCUT2D eigenvalue weighted by atomic mass is 9.77. The number of nitrogens with one attached hydrogen (secondary N) is 1. The van der Waals surface area contributed by atoms with Crippen molar-refractivity contribution in [2.45, 2.75) is 76.5 Å². The van der Waals surface area contributed by atoms with Crippen LogP contribution in [0.1, 0.15) is 59.3 Å². The monoisotopic (exact) mass is 211 g/mol. The summed E-state index contributed by atoms with van der Waals surface area (Å²) in [5, 5.41) is 3.59. The fraction of sp³-hybridized carbons (Fsp3) is 1.00. The second-order valence-electron chi connectivity index (χ2n) is 6.23. The van der Waals surface area contributed by atoms with E-state index in [1.807, 2.05) is 0 Å². The van der Waals surface area contributed by atoms with E-state index in [9.17, 15) is 0 Å².